The summed E-state index contributed by atoms with van der Waals surface area (Å²) in [6, 6.07) is 12.0. The second-order valence-electron chi connectivity index (χ2n) is 9.07. The predicted octanol–water partition coefficient (Wildman–Crippen LogP) is 1.90. The Bertz CT molecular complexity index is 1230. The molecule has 3 aliphatic rings. The first-order valence-electron chi connectivity index (χ1n) is 11.9. The van der Waals surface area contributed by atoms with Crippen LogP contribution in [0.3, 0.4) is 0 Å². The van der Waals surface area contributed by atoms with Crippen molar-refractivity contribution >= 4 is 21.8 Å². The molecular weight excluding hydrogens is 470 g/mol. The molecule has 0 N–H and O–H groups in total. The maximum Gasteiger partial charge on any atom is 0.267 e. The maximum absolute atomic E-state index is 13.3. The van der Waals surface area contributed by atoms with E-state index in [1.54, 1.807) is 41.0 Å². The Kier molecular flexibility index (Phi) is 6.41. The maximum atomic E-state index is 13.3. The number of piperazine rings is 1. The molecule has 10 heteroatoms. The third-order valence-corrected chi connectivity index (χ3v) is 8.70. The van der Waals surface area contributed by atoms with Crippen LogP contribution in [0, 0.1) is 6.92 Å². The number of amides is 2. The summed E-state index contributed by atoms with van der Waals surface area (Å²) in [5.41, 5.74) is 1.10. The van der Waals surface area contributed by atoms with Gasteiger partial charge in [0, 0.05) is 44.8 Å². The number of nitrogens with zero attached hydrogens (tertiary/aromatic N) is 3. The number of carbonyl (C=O) groups is 2. The molecule has 2 aromatic carbocycles. The summed E-state index contributed by atoms with van der Waals surface area (Å²) in [5.74, 6) is 0.780. The van der Waals surface area contributed by atoms with Gasteiger partial charge >= 0.3 is 0 Å². The van der Waals surface area contributed by atoms with E-state index in [1.165, 1.54) is 10.4 Å². The van der Waals surface area contributed by atoms with Crippen molar-refractivity contribution in [2.45, 2.75) is 30.8 Å². The number of ether oxygens (including phenoxy) is 2. The lowest BCUT2D eigenvalue weighted by atomic mass is 10.1. The van der Waals surface area contributed by atoms with Crippen molar-refractivity contribution in [2.75, 3.05) is 45.9 Å². The summed E-state index contributed by atoms with van der Waals surface area (Å²) in [6.45, 7) is 4.43. The Labute approximate surface area is 205 Å². The van der Waals surface area contributed by atoms with Gasteiger partial charge in [-0.1, -0.05) is 18.2 Å². The molecule has 5 rings (SSSR count). The number of rotatable bonds is 4. The number of hydrogen-bond acceptors (Lipinski definition) is 6. The number of fused-ring (bicyclic) bond motifs is 1. The molecule has 9 nitrogen and oxygen atoms in total. The van der Waals surface area contributed by atoms with Crippen LogP contribution in [0.4, 0.5) is 0 Å². The van der Waals surface area contributed by atoms with E-state index in [4.69, 9.17) is 9.47 Å². The van der Waals surface area contributed by atoms with Gasteiger partial charge < -0.3 is 19.3 Å². The van der Waals surface area contributed by atoms with Gasteiger partial charge in [0.05, 0.1) is 4.90 Å². The summed E-state index contributed by atoms with van der Waals surface area (Å²) >= 11 is 0. The van der Waals surface area contributed by atoms with E-state index in [0.29, 0.717) is 56.3 Å². The molecule has 2 amide bonds. The van der Waals surface area contributed by atoms with Gasteiger partial charge in [0.1, 0.15) is 6.61 Å². The molecule has 1 atom stereocenters. The van der Waals surface area contributed by atoms with Crippen LogP contribution in [0.15, 0.2) is 47.4 Å². The van der Waals surface area contributed by atoms with Crippen LogP contribution in [-0.2, 0) is 14.8 Å². The van der Waals surface area contributed by atoms with Crippen molar-refractivity contribution in [2.24, 2.45) is 0 Å². The first-order valence-corrected chi connectivity index (χ1v) is 13.4. The average Bonchev–Trinajstić information content (AvgIpc) is 3.44. The molecule has 2 saturated heterocycles. The van der Waals surface area contributed by atoms with E-state index in [-0.39, 0.29) is 23.3 Å². The number of para-hydroxylation sites is 2. The topological polar surface area (TPSA) is 96.5 Å². The Morgan fingerprint density at radius 2 is 1.54 bits per heavy atom. The minimum absolute atomic E-state index is 0.145. The molecule has 2 aromatic rings. The second kappa shape index (κ2) is 9.50. The zero-order chi connectivity index (χ0) is 24.6. The molecule has 0 spiro atoms. The number of sulfonamides is 1. The quantitative estimate of drug-likeness (QED) is 0.638. The minimum Gasteiger partial charge on any atom is -0.485 e. The number of carbonyl (C=O) groups excluding carboxylic acids is 2. The van der Waals surface area contributed by atoms with Gasteiger partial charge in [0.25, 0.3) is 11.8 Å². The molecule has 0 radical (unpaired) electrons. The van der Waals surface area contributed by atoms with E-state index in [0.717, 1.165) is 18.4 Å². The Balaban J connectivity index is 1.24. The van der Waals surface area contributed by atoms with Crippen molar-refractivity contribution in [1.82, 2.24) is 14.1 Å². The van der Waals surface area contributed by atoms with Gasteiger partial charge in [0.2, 0.25) is 16.1 Å². The lowest BCUT2D eigenvalue weighted by Crippen LogP contribution is -2.55. The third kappa shape index (κ3) is 4.60. The lowest BCUT2D eigenvalue weighted by Gasteiger charge is -2.37. The summed E-state index contributed by atoms with van der Waals surface area (Å²) < 4.78 is 38.9. The van der Waals surface area contributed by atoms with Crippen molar-refractivity contribution < 1.29 is 27.5 Å². The van der Waals surface area contributed by atoms with Crippen LogP contribution in [0.2, 0.25) is 0 Å². The molecule has 0 aromatic heterocycles. The largest absolute Gasteiger partial charge is 0.485 e. The van der Waals surface area contributed by atoms with E-state index < -0.39 is 16.1 Å². The third-order valence-electron chi connectivity index (χ3n) is 6.80. The second-order valence-corrected chi connectivity index (χ2v) is 11.0. The molecule has 0 unspecified atom stereocenters. The smallest absolute Gasteiger partial charge is 0.267 e. The van der Waals surface area contributed by atoms with Gasteiger partial charge in [-0.15, -0.1) is 0 Å². The van der Waals surface area contributed by atoms with Gasteiger partial charge in [-0.3, -0.25) is 9.59 Å². The number of hydrogen-bond donors (Lipinski definition) is 0. The Hall–Kier alpha value is -3.11. The van der Waals surface area contributed by atoms with Crippen molar-refractivity contribution in [1.29, 1.82) is 0 Å². The monoisotopic (exact) mass is 499 g/mol. The number of benzene rings is 2. The van der Waals surface area contributed by atoms with Crippen molar-refractivity contribution in [3.8, 4) is 11.5 Å². The van der Waals surface area contributed by atoms with E-state index in [2.05, 4.69) is 0 Å². The highest BCUT2D eigenvalue weighted by atomic mass is 32.2. The fraction of sp³-hybridized carbons (Fsp3) is 0.440. The van der Waals surface area contributed by atoms with Crippen LogP contribution in [0.1, 0.15) is 28.8 Å². The van der Waals surface area contributed by atoms with Crippen molar-refractivity contribution in [3.05, 3.63) is 53.6 Å². The number of aryl methyl sites for hydroxylation is 1. The Morgan fingerprint density at radius 1 is 0.886 bits per heavy atom. The van der Waals surface area contributed by atoms with Crippen LogP contribution < -0.4 is 9.47 Å². The van der Waals surface area contributed by atoms with Crippen LogP contribution in [0.25, 0.3) is 0 Å². The fourth-order valence-electron chi connectivity index (χ4n) is 4.71. The highest BCUT2D eigenvalue weighted by Crippen LogP contribution is 2.31. The van der Waals surface area contributed by atoms with E-state index >= 15 is 0 Å². The summed E-state index contributed by atoms with van der Waals surface area (Å²) in [4.78, 5) is 29.8. The van der Waals surface area contributed by atoms with E-state index in [9.17, 15) is 18.0 Å². The lowest BCUT2D eigenvalue weighted by molar-refractivity contribution is -0.142. The molecule has 0 saturated carbocycles. The molecule has 35 heavy (non-hydrogen) atoms. The summed E-state index contributed by atoms with van der Waals surface area (Å²) in [7, 11) is -3.61. The molecule has 3 heterocycles. The molecule has 3 aliphatic heterocycles. The highest BCUT2D eigenvalue weighted by molar-refractivity contribution is 7.89. The van der Waals surface area contributed by atoms with E-state index in [1.807, 2.05) is 12.1 Å². The van der Waals surface area contributed by atoms with Crippen LogP contribution in [-0.4, -0.2) is 86.3 Å². The molecule has 0 bridgehead atoms. The standard InChI is InChI=1S/C25H29N3O6S/c1-18-8-9-19(35(31,32)28-10-4-5-11-28)16-20(18)24(29)26-12-14-27(15-13-26)25(30)23-17-33-21-6-2-3-7-22(21)34-23/h2-3,6-9,16,23H,4-5,10-15,17H2,1H3/t23-/m1/s1. The van der Waals surface area contributed by atoms with Crippen LogP contribution >= 0.6 is 0 Å². The normalized spacial score (nSPS) is 20.7. The van der Waals surface area contributed by atoms with Gasteiger partial charge in [0.15, 0.2) is 11.5 Å². The molecule has 0 aliphatic carbocycles. The average molecular weight is 500 g/mol. The summed E-state index contributed by atoms with van der Waals surface area (Å²) in [5, 5.41) is 0. The minimum atomic E-state index is -3.61. The van der Waals surface area contributed by atoms with Crippen molar-refractivity contribution in [3.63, 3.8) is 0 Å². The van der Waals surface area contributed by atoms with Crippen LogP contribution in [0.5, 0.6) is 11.5 Å². The SMILES string of the molecule is Cc1ccc(S(=O)(=O)N2CCCC2)cc1C(=O)N1CCN(C(=O)[C@H]2COc3ccccc3O2)CC1. The zero-order valence-corrected chi connectivity index (χ0v) is 20.5. The Morgan fingerprint density at radius 3 is 2.26 bits per heavy atom. The highest BCUT2D eigenvalue weighted by Gasteiger charge is 2.34. The fourth-order valence-corrected chi connectivity index (χ4v) is 6.26. The van der Waals surface area contributed by atoms with Gasteiger partial charge in [-0.05, 0) is 49.6 Å². The first kappa shape index (κ1) is 23.6. The molecule has 2 fully saturated rings. The first-order chi connectivity index (χ1) is 16.8. The van der Waals surface area contributed by atoms with Gasteiger partial charge in [-0.25, -0.2) is 8.42 Å². The molecule has 186 valence electrons. The molecular formula is C25H29N3O6S. The summed E-state index contributed by atoms with van der Waals surface area (Å²) in [6.07, 6.45) is 0.983. The zero-order valence-electron chi connectivity index (χ0n) is 19.7. The van der Waals surface area contributed by atoms with Gasteiger partial charge in [-0.2, -0.15) is 4.31 Å². The predicted molar refractivity (Wildman–Crippen MR) is 128 cm³/mol.